The van der Waals surface area contributed by atoms with Crippen LogP contribution in [0.4, 0.5) is 0 Å². The van der Waals surface area contributed by atoms with Crippen molar-refractivity contribution in [3.8, 4) is 0 Å². The molecule has 3 aromatic rings. The van der Waals surface area contributed by atoms with Gasteiger partial charge in [0.05, 0.1) is 23.3 Å². The van der Waals surface area contributed by atoms with Gasteiger partial charge in [0, 0.05) is 0 Å². The van der Waals surface area contributed by atoms with Gasteiger partial charge in [-0.2, -0.15) is 0 Å². The summed E-state index contributed by atoms with van der Waals surface area (Å²) in [7, 11) is 0. The van der Waals surface area contributed by atoms with Crippen molar-refractivity contribution in [2.45, 2.75) is 46.2 Å². The van der Waals surface area contributed by atoms with Crippen molar-refractivity contribution in [3.05, 3.63) is 75.8 Å². The van der Waals surface area contributed by atoms with Gasteiger partial charge >= 0.3 is 0 Å². The first-order chi connectivity index (χ1) is 12.9. The van der Waals surface area contributed by atoms with E-state index in [1.165, 1.54) is 16.5 Å². The van der Waals surface area contributed by atoms with Gasteiger partial charge in [-0.3, -0.25) is 14.2 Å². The van der Waals surface area contributed by atoms with E-state index in [1.807, 2.05) is 38.1 Å². The number of benzene rings is 2. The van der Waals surface area contributed by atoms with Crippen LogP contribution in [0.5, 0.6) is 0 Å². The first-order valence-corrected chi connectivity index (χ1v) is 9.21. The van der Waals surface area contributed by atoms with Gasteiger partial charge in [-0.25, -0.2) is 4.98 Å². The zero-order chi connectivity index (χ0) is 19.6. The van der Waals surface area contributed by atoms with Gasteiger partial charge < -0.3 is 5.32 Å². The molecule has 5 nitrogen and oxygen atoms in total. The molecular formula is C22H25N3O2. The predicted molar refractivity (Wildman–Crippen MR) is 108 cm³/mol. The van der Waals surface area contributed by atoms with Crippen LogP contribution in [0.3, 0.4) is 0 Å². The molecule has 0 aliphatic heterocycles. The minimum atomic E-state index is -0.216. The molecule has 27 heavy (non-hydrogen) atoms. The summed E-state index contributed by atoms with van der Waals surface area (Å²) in [5, 5.41) is 3.48. The summed E-state index contributed by atoms with van der Waals surface area (Å²) in [6.45, 7) is 8.10. The number of carbonyl (C=O) groups is 1. The highest BCUT2D eigenvalue weighted by atomic mass is 16.2. The molecule has 0 saturated heterocycles. The van der Waals surface area contributed by atoms with E-state index in [9.17, 15) is 9.59 Å². The number of rotatable bonds is 5. The summed E-state index contributed by atoms with van der Waals surface area (Å²) in [6, 6.07) is 13.6. The Bertz CT molecular complexity index is 1020. The fourth-order valence-corrected chi connectivity index (χ4v) is 3.14. The number of fused-ring (bicyclic) bond motifs is 1. The number of aryl methyl sites for hydroxylation is 1. The molecule has 0 aliphatic carbocycles. The molecule has 0 radical (unpaired) electrons. The maximum Gasteiger partial charge on any atom is 0.261 e. The highest BCUT2D eigenvalue weighted by Gasteiger charge is 2.13. The summed E-state index contributed by atoms with van der Waals surface area (Å²) >= 11 is 0. The Morgan fingerprint density at radius 2 is 1.74 bits per heavy atom. The number of nitrogens with one attached hydrogen (secondary N) is 1. The van der Waals surface area contributed by atoms with Crippen molar-refractivity contribution in [1.29, 1.82) is 0 Å². The van der Waals surface area contributed by atoms with Gasteiger partial charge in [0.25, 0.3) is 5.56 Å². The number of amides is 1. The fourth-order valence-electron chi connectivity index (χ4n) is 3.14. The van der Waals surface area contributed by atoms with E-state index in [0.717, 1.165) is 11.1 Å². The molecule has 1 atom stereocenters. The Morgan fingerprint density at radius 3 is 2.41 bits per heavy atom. The van der Waals surface area contributed by atoms with Gasteiger partial charge in [-0.15, -0.1) is 0 Å². The molecule has 0 bridgehead atoms. The number of hydrogen-bond donors (Lipinski definition) is 1. The lowest BCUT2D eigenvalue weighted by atomic mass is 9.99. The maximum absolute atomic E-state index is 12.6. The van der Waals surface area contributed by atoms with Crippen LogP contribution < -0.4 is 10.9 Å². The molecule has 1 heterocycles. The van der Waals surface area contributed by atoms with Gasteiger partial charge in [0.1, 0.15) is 6.54 Å². The molecule has 140 valence electrons. The Labute approximate surface area is 159 Å². The minimum Gasteiger partial charge on any atom is -0.348 e. The molecule has 0 fully saturated rings. The van der Waals surface area contributed by atoms with E-state index in [2.05, 4.69) is 36.3 Å². The summed E-state index contributed by atoms with van der Waals surface area (Å²) in [5.74, 6) is 0.256. The third-order valence-electron chi connectivity index (χ3n) is 4.85. The van der Waals surface area contributed by atoms with Crippen LogP contribution in [-0.4, -0.2) is 15.5 Å². The largest absolute Gasteiger partial charge is 0.348 e. The summed E-state index contributed by atoms with van der Waals surface area (Å²) in [6.07, 6.45) is 1.44. The molecule has 1 N–H and O–H groups in total. The second-order valence-electron chi connectivity index (χ2n) is 7.26. The third-order valence-corrected chi connectivity index (χ3v) is 4.85. The minimum absolute atomic E-state index is 0.0515. The Hall–Kier alpha value is -2.95. The average molecular weight is 363 g/mol. The number of nitrogens with zero attached hydrogens (tertiary/aromatic N) is 2. The van der Waals surface area contributed by atoms with Crippen LogP contribution in [-0.2, 0) is 11.3 Å². The van der Waals surface area contributed by atoms with Gasteiger partial charge in [-0.1, -0.05) is 50.2 Å². The number of para-hydroxylation sites is 1. The topological polar surface area (TPSA) is 64.0 Å². The van der Waals surface area contributed by atoms with Crippen LogP contribution in [0.2, 0.25) is 0 Å². The van der Waals surface area contributed by atoms with Crippen LogP contribution in [0.25, 0.3) is 10.9 Å². The summed E-state index contributed by atoms with van der Waals surface area (Å²) < 4.78 is 1.35. The standard InChI is InChI=1S/C22H25N3O2/c1-14(2)17-8-10-18(11-9-17)16(4)24-20(26)12-25-13-23-21-15(3)6-5-7-19(21)22(25)27/h5-11,13-14,16H,12H2,1-4H3,(H,24,26). The zero-order valence-corrected chi connectivity index (χ0v) is 16.2. The van der Waals surface area contributed by atoms with E-state index in [-0.39, 0.29) is 24.1 Å². The Kier molecular flexibility index (Phi) is 5.40. The van der Waals surface area contributed by atoms with E-state index < -0.39 is 0 Å². The molecule has 2 aromatic carbocycles. The summed E-state index contributed by atoms with van der Waals surface area (Å²) in [5.41, 5.74) is 3.72. The molecule has 3 rings (SSSR count). The number of carbonyl (C=O) groups excluding carboxylic acids is 1. The van der Waals surface area contributed by atoms with Crippen molar-refractivity contribution in [1.82, 2.24) is 14.9 Å². The molecule has 0 aliphatic rings. The monoisotopic (exact) mass is 363 g/mol. The van der Waals surface area contributed by atoms with Gasteiger partial charge in [0.15, 0.2) is 0 Å². The molecular weight excluding hydrogens is 338 g/mol. The lowest BCUT2D eigenvalue weighted by molar-refractivity contribution is -0.122. The third kappa shape index (κ3) is 4.08. The van der Waals surface area contributed by atoms with Crippen molar-refractivity contribution < 1.29 is 4.79 Å². The Morgan fingerprint density at radius 1 is 1.07 bits per heavy atom. The van der Waals surface area contributed by atoms with Crippen LogP contribution in [0, 0.1) is 6.92 Å². The molecule has 1 unspecified atom stereocenters. The van der Waals surface area contributed by atoms with E-state index in [0.29, 0.717) is 16.8 Å². The molecule has 0 saturated carbocycles. The first-order valence-electron chi connectivity index (χ1n) is 9.21. The normalized spacial score (nSPS) is 12.3. The van der Waals surface area contributed by atoms with E-state index in [1.54, 1.807) is 6.07 Å². The van der Waals surface area contributed by atoms with Crippen molar-refractivity contribution in [2.75, 3.05) is 0 Å². The number of aromatic nitrogens is 2. The quantitative estimate of drug-likeness (QED) is 0.752. The van der Waals surface area contributed by atoms with Gasteiger partial charge in [0.2, 0.25) is 5.91 Å². The second kappa shape index (κ2) is 7.74. The molecule has 0 spiro atoms. The second-order valence-corrected chi connectivity index (χ2v) is 7.26. The first kappa shape index (κ1) is 18.8. The SMILES string of the molecule is Cc1cccc2c(=O)n(CC(=O)NC(C)c3ccc(C(C)C)cc3)cnc12. The van der Waals surface area contributed by atoms with Crippen molar-refractivity contribution in [2.24, 2.45) is 0 Å². The molecule has 1 amide bonds. The predicted octanol–water partition coefficient (Wildman–Crippen LogP) is 3.71. The summed E-state index contributed by atoms with van der Waals surface area (Å²) in [4.78, 5) is 29.4. The van der Waals surface area contributed by atoms with Crippen LogP contribution in [0.1, 0.15) is 49.4 Å². The number of hydrogen-bond acceptors (Lipinski definition) is 3. The van der Waals surface area contributed by atoms with Gasteiger partial charge in [-0.05, 0) is 42.5 Å². The lowest BCUT2D eigenvalue weighted by Crippen LogP contribution is -2.34. The van der Waals surface area contributed by atoms with Crippen molar-refractivity contribution >= 4 is 16.8 Å². The fraction of sp³-hybridized carbons (Fsp3) is 0.318. The van der Waals surface area contributed by atoms with E-state index in [4.69, 9.17) is 0 Å². The maximum atomic E-state index is 12.6. The van der Waals surface area contributed by atoms with Crippen LogP contribution in [0.15, 0.2) is 53.6 Å². The Balaban J connectivity index is 1.73. The zero-order valence-electron chi connectivity index (χ0n) is 16.2. The molecule has 5 heteroatoms. The highest BCUT2D eigenvalue weighted by molar-refractivity contribution is 5.81. The van der Waals surface area contributed by atoms with Crippen molar-refractivity contribution in [3.63, 3.8) is 0 Å². The smallest absolute Gasteiger partial charge is 0.261 e. The molecule has 1 aromatic heterocycles. The highest BCUT2D eigenvalue weighted by Crippen LogP contribution is 2.18. The van der Waals surface area contributed by atoms with Crippen LogP contribution >= 0.6 is 0 Å². The lowest BCUT2D eigenvalue weighted by Gasteiger charge is -2.16. The average Bonchev–Trinajstić information content (AvgIpc) is 2.64. The van der Waals surface area contributed by atoms with E-state index >= 15 is 0 Å².